The Morgan fingerprint density at radius 3 is 1.80 bits per heavy atom. The van der Waals surface area contributed by atoms with Crippen molar-refractivity contribution in [3.8, 4) is 0 Å². The molecule has 1 saturated heterocycles. The second-order valence-electron chi connectivity index (χ2n) is 8.65. The number of rotatable bonds is 13. The van der Waals surface area contributed by atoms with E-state index in [4.69, 9.17) is 23.7 Å². The highest BCUT2D eigenvalue weighted by Crippen LogP contribution is 2.40. The van der Waals surface area contributed by atoms with Crippen LogP contribution in [0.5, 0.6) is 0 Å². The molecule has 0 aromatic heterocycles. The van der Waals surface area contributed by atoms with E-state index in [0.717, 1.165) is 16.7 Å². The summed E-state index contributed by atoms with van der Waals surface area (Å²) in [5, 5.41) is 0. The fourth-order valence-corrected chi connectivity index (χ4v) is 4.35. The van der Waals surface area contributed by atoms with Gasteiger partial charge in [-0.15, -0.1) is 6.58 Å². The van der Waals surface area contributed by atoms with E-state index in [-0.39, 0.29) is 0 Å². The van der Waals surface area contributed by atoms with Crippen LogP contribution in [0.1, 0.15) is 23.1 Å². The molecule has 0 amide bonds. The van der Waals surface area contributed by atoms with E-state index in [1.54, 1.807) is 7.11 Å². The van der Waals surface area contributed by atoms with Crippen LogP contribution >= 0.6 is 0 Å². The molecule has 0 N–H and O–H groups in total. The summed E-state index contributed by atoms with van der Waals surface area (Å²) < 4.78 is 31.0. The number of methoxy groups -OCH3 is 1. The molecule has 1 unspecified atom stereocenters. The highest BCUT2D eigenvalue weighted by atomic mass is 16.7. The summed E-state index contributed by atoms with van der Waals surface area (Å²) in [5.41, 5.74) is 2.47. The first-order chi connectivity index (χ1) is 17.2. The van der Waals surface area contributed by atoms with E-state index in [2.05, 4.69) is 18.7 Å². The second kappa shape index (κ2) is 12.8. The molecule has 0 spiro atoms. The molecule has 1 heterocycles. The van der Waals surface area contributed by atoms with E-state index >= 15 is 0 Å². The third kappa shape index (κ3) is 6.66. The van der Waals surface area contributed by atoms with Crippen LogP contribution in [0.25, 0.3) is 0 Å². The molecule has 0 radical (unpaired) electrons. The summed E-state index contributed by atoms with van der Waals surface area (Å²) in [6.45, 7) is 5.98. The van der Waals surface area contributed by atoms with Gasteiger partial charge in [0, 0.05) is 13.5 Å². The summed E-state index contributed by atoms with van der Waals surface area (Å²) in [4.78, 5) is 0. The van der Waals surface area contributed by atoms with Crippen molar-refractivity contribution in [2.75, 3.05) is 13.7 Å². The Labute approximate surface area is 208 Å². The molecular formula is C30H34O5. The monoisotopic (exact) mass is 474 g/mol. The molecule has 35 heavy (non-hydrogen) atoms. The summed E-state index contributed by atoms with van der Waals surface area (Å²) in [6, 6.07) is 30.3. The maximum absolute atomic E-state index is 6.49. The van der Waals surface area contributed by atoms with Crippen LogP contribution in [0.2, 0.25) is 0 Å². The van der Waals surface area contributed by atoms with E-state index in [0.29, 0.717) is 32.8 Å². The highest BCUT2D eigenvalue weighted by molar-refractivity contribution is 5.17. The van der Waals surface area contributed by atoms with E-state index in [1.165, 1.54) is 0 Å². The Morgan fingerprint density at radius 2 is 1.29 bits per heavy atom. The van der Waals surface area contributed by atoms with Crippen LogP contribution in [0.4, 0.5) is 0 Å². The fourth-order valence-electron chi connectivity index (χ4n) is 4.35. The number of hydrogen-bond donors (Lipinski definition) is 0. The number of hydrogen-bond acceptors (Lipinski definition) is 5. The Morgan fingerprint density at radius 1 is 0.771 bits per heavy atom. The molecule has 0 saturated carbocycles. The SMILES string of the molecule is C=C[C@]1(CCOCc2ccccc2)OC(OC)[C@H](OCc2ccccc2)[C@@H]1OCc1ccccc1. The highest BCUT2D eigenvalue weighted by Gasteiger charge is 2.55. The lowest BCUT2D eigenvalue weighted by molar-refractivity contribution is -0.179. The topological polar surface area (TPSA) is 46.2 Å². The van der Waals surface area contributed by atoms with Crippen molar-refractivity contribution >= 4 is 0 Å². The standard InChI is InChI=1S/C30H34O5/c1-3-30(19-20-32-21-24-13-7-4-8-14-24)28(34-23-26-17-11-6-12-18-26)27(29(31-2)35-30)33-22-25-15-9-5-10-16-25/h3-18,27-29H,1,19-23H2,2H3/t27-,28+,29?,30-/m1/s1. The third-order valence-electron chi connectivity index (χ3n) is 6.27. The fraction of sp³-hybridized carbons (Fsp3) is 0.333. The summed E-state index contributed by atoms with van der Waals surface area (Å²) in [5.74, 6) is 0. The first kappa shape index (κ1) is 25.3. The molecule has 3 aromatic carbocycles. The molecule has 1 aliphatic rings. The zero-order valence-corrected chi connectivity index (χ0v) is 20.3. The van der Waals surface area contributed by atoms with E-state index in [9.17, 15) is 0 Å². The van der Waals surface area contributed by atoms with E-state index < -0.39 is 24.1 Å². The van der Waals surface area contributed by atoms with E-state index in [1.807, 2.05) is 84.9 Å². The van der Waals surface area contributed by atoms with Crippen LogP contribution < -0.4 is 0 Å². The van der Waals surface area contributed by atoms with Gasteiger partial charge in [0.15, 0.2) is 6.29 Å². The zero-order chi connectivity index (χ0) is 24.3. The lowest BCUT2D eigenvalue weighted by Gasteiger charge is -2.32. The first-order valence-corrected chi connectivity index (χ1v) is 12.0. The minimum absolute atomic E-state index is 0.422. The molecule has 0 bridgehead atoms. The summed E-state index contributed by atoms with van der Waals surface area (Å²) in [6.07, 6.45) is 0.928. The maximum atomic E-state index is 6.49. The molecule has 5 nitrogen and oxygen atoms in total. The third-order valence-corrected chi connectivity index (χ3v) is 6.27. The van der Waals surface area contributed by atoms with Gasteiger partial charge in [-0.3, -0.25) is 0 Å². The van der Waals surface area contributed by atoms with Crippen LogP contribution in [0, 0.1) is 0 Å². The van der Waals surface area contributed by atoms with Gasteiger partial charge in [-0.1, -0.05) is 97.1 Å². The molecule has 5 heteroatoms. The van der Waals surface area contributed by atoms with Gasteiger partial charge in [-0.25, -0.2) is 0 Å². The Hall–Kier alpha value is -2.80. The van der Waals surface area contributed by atoms with Crippen molar-refractivity contribution < 1.29 is 23.7 Å². The minimum Gasteiger partial charge on any atom is -0.377 e. The lowest BCUT2D eigenvalue weighted by atomic mass is 9.91. The van der Waals surface area contributed by atoms with Crippen molar-refractivity contribution in [2.24, 2.45) is 0 Å². The van der Waals surface area contributed by atoms with Gasteiger partial charge in [-0.05, 0) is 16.7 Å². The van der Waals surface area contributed by atoms with Crippen molar-refractivity contribution in [1.29, 1.82) is 0 Å². The second-order valence-corrected chi connectivity index (χ2v) is 8.65. The first-order valence-electron chi connectivity index (χ1n) is 12.0. The van der Waals surface area contributed by atoms with Gasteiger partial charge in [0.2, 0.25) is 0 Å². The summed E-state index contributed by atoms with van der Waals surface area (Å²) >= 11 is 0. The minimum atomic E-state index is -0.812. The van der Waals surface area contributed by atoms with Crippen molar-refractivity contribution in [2.45, 2.75) is 50.3 Å². The molecule has 4 rings (SSSR count). The predicted octanol–water partition coefficient (Wildman–Crippen LogP) is 5.69. The van der Waals surface area contributed by atoms with Crippen LogP contribution in [-0.2, 0) is 43.5 Å². The maximum Gasteiger partial charge on any atom is 0.187 e. The molecular weight excluding hydrogens is 440 g/mol. The Kier molecular flexibility index (Phi) is 9.23. The lowest BCUT2D eigenvalue weighted by Crippen LogP contribution is -2.45. The van der Waals surface area contributed by atoms with Crippen LogP contribution in [0.15, 0.2) is 104 Å². The average Bonchev–Trinajstić information content (AvgIpc) is 3.23. The number of benzene rings is 3. The van der Waals surface area contributed by atoms with Gasteiger partial charge < -0.3 is 23.7 Å². The Bertz CT molecular complexity index is 1010. The van der Waals surface area contributed by atoms with Crippen molar-refractivity contribution in [3.63, 3.8) is 0 Å². The zero-order valence-electron chi connectivity index (χ0n) is 20.3. The molecule has 184 valence electrons. The number of ether oxygens (including phenoxy) is 5. The molecule has 3 aromatic rings. The van der Waals surface area contributed by atoms with Crippen molar-refractivity contribution in [3.05, 3.63) is 120 Å². The van der Waals surface area contributed by atoms with Crippen molar-refractivity contribution in [1.82, 2.24) is 0 Å². The molecule has 1 fully saturated rings. The summed E-state index contributed by atoms with van der Waals surface area (Å²) in [7, 11) is 1.63. The predicted molar refractivity (Wildman–Crippen MR) is 136 cm³/mol. The average molecular weight is 475 g/mol. The van der Waals surface area contributed by atoms with Crippen LogP contribution in [-0.4, -0.2) is 37.8 Å². The van der Waals surface area contributed by atoms with Gasteiger partial charge in [0.05, 0.1) is 26.4 Å². The van der Waals surface area contributed by atoms with Gasteiger partial charge in [0.25, 0.3) is 0 Å². The normalized spacial score (nSPS) is 23.9. The van der Waals surface area contributed by atoms with Gasteiger partial charge in [0.1, 0.15) is 17.8 Å². The molecule has 0 aliphatic carbocycles. The largest absolute Gasteiger partial charge is 0.377 e. The van der Waals surface area contributed by atoms with Gasteiger partial charge in [-0.2, -0.15) is 0 Å². The van der Waals surface area contributed by atoms with Gasteiger partial charge >= 0.3 is 0 Å². The molecule has 1 aliphatic heterocycles. The Balaban J connectivity index is 1.48. The quantitative estimate of drug-likeness (QED) is 0.235. The smallest absolute Gasteiger partial charge is 0.187 e. The van der Waals surface area contributed by atoms with Crippen LogP contribution in [0.3, 0.4) is 0 Å². The molecule has 4 atom stereocenters.